The largest absolute Gasteiger partial charge is 0.493 e. The molecule has 1 saturated heterocycles. The number of carbonyl (C=O) groups is 2. The number of nitrogens with zero attached hydrogens (tertiary/aromatic N) is 3. The predicted octanol–water partition coefficient (Wildman–Crippen LogP) is 3.08. The molecule has 1 amide bonds. The van der Waals surface area contributed by atoms with Gasteiger partial charge >= 0.3 is 5.97 Å². The summed E-state index contributed by atoms with van der Waals surface area (Å²) in [6.45, 7) is -0.500. The number of rotatable bonds is 7. The summed E-state index contributed by atoms with van der Waals surface area (Å²) in [7, 11) is 1.43. The van der Waals surface area contributed by atoms with Crippen molar-refractivity contribution < 1.29 is 29.1 Å². The van der Waals surface area contributed by atoms with Crippen molar-refractivity contribution in [1.82, 2.24) is 9.88 Å². The fraction of sp³-hybridized carbons (Fsp3) is 0.111. The number of benzene rings is 1. The van der Waals surface area contributed by atoms with Gasteiger partial charge in [-0.2, -0.15) is 0 Å². The van der Waals surface area contributed by atoms with Gasteiger partial charge in [0.2, 0.25) is 5.88 Å². The fourth-order valence-electron chi connectivity index (χ4n) is 2.43. The zero-order valence-corrected chi connectivity index (χ0v) is 16.9. The molecular weight excluding hydrogens is 434 g/mol. The van der Waals surface area contributed by atoms with Gasteiger partial charge in [0.05, 0.1) is 16.9 Å². The van der Waals surface area contributed by atoms with Crippen molar-refractivity contribution in [1.29, 1.82) is 0 Å². The van der Waals surface area contributed by atoms with Crippen LogP contribution >= 0.6 is 24.0 Å². The molecule has 0 spiro atoms. The van der Waals surface area contributed by atoms with Crippen LogP contribution in [0.2, 0.25) is 0 Å². The van der Waals surface area contributed by atoms with Gasteiger partial charge in [0.15, 0.2) is 11.5 Å². The number of aliphatic carboxylic acids is 1. The maximum absolute atomic E-state index is 12.4. The normalized spacial score (nSPS) is 14.8. The molecule has 0 radical (unpaired) electrons. The number of carboxylic acids is 1. The van der Waals surface area contributed by atoms with Gasteiger partial charge in [-0.1, -0.05) is 30.0 Å². The van der Waals surface area contributed by atoms with Crippen molar-refractivity contribution >= 4 is 51.9 Å². The van der Waals surface area contributed by atoms with Gasteiger partial charge in [-0.3, -0.25) is 24.6 Å². The number of aromatic nitrogens is 1. The van der Waals surface area contributed by atoms with E-state index in [2.05, 4.69) is 4.98 Å². The van der Waals surface area contributed by atoms with Gasteiger partial charge in [0.25, 0.3) is 11.6 Å². The van der Waals surface area contributed by atoms with Gasteiger partial charge < -0.3 is 14.6 Å². The van der Waals surface area contributed by atoms with Gasteiger partial charge in [-0.05, 0) is 23.8 Å². The summed E-state index contributed by atoms with van der Waals surface area (Å²) in [6, 6.07) is 7.49. The lowest BCUT2D eigenvalue weighted by Gasteiger charge is -2.11. The second kappa shape index (κ2) is 8.88. The average Bonchev–Trinajstić information content (AvgIpc) is 2.96. The first-order chi connectivity index (χ1) is 14.3. The van der Waals surface area contributed by atoms with E-state index in [1.165, 1.54) is 19.2 Å². The Morgan fingerprint density at radius 2 is 2.13 bits per heavy atom. The number of carboxylic acid groups (broad SMARTS) is 1. The molecule has 2 aromatic rings. The molecule has 0 unspecified atom stereocenters. The third-order valence-electron chi connectivity index (χ3n) is 3.80. The first kappa shape index (κ1) is 21.2. The summed E-state index contributed by atoms with van der Waals surface area (Å²) >= 11 is 6.08. The van der Waals surface area contributed by atoms with E-state index in [9.17, 15) is 19.7 Å². The lowest BCUT2D eigenvalue weighted by atomic mass is 10.2. The number of hydrogen-bond donors (Lipinski definition) is 1. The minimum Gasteiger partial charge on any atom is -0.493 e. The van der Waals surface area contributed by atoms with Crippen LogP contribution in [-0.2, 0) is 9.59 Å². The molecule has 154 valence electrons. The molecule has 2 heterocycles. The molecule has 30 heavy (non-hydrogen) atoms. The lowest BCUT2D eigenvalue weighted by Crippen LogP contribution is -2.33. The van der Waals surface area contributed by atoms with Crippen LogP contribution < -0.4 is 9.47 Å². The molecule has 1 aliphatic heterocycles. The number of thioether (sulfide) groups is 1. The first-order valence-electron chi connectivity index (χ1n) is 8.22. The second-order valence-corrected chi connectivity index (χ2v) is 7.46. The molecule has 1 aromatic carbocycles. The number of pyridine rings is 1. The number of carbonyl (C=O) groups excluding carboxylic acids is 1. The molecule has 12 heteroatoms. The number of nitro groups is 1. The third-order valence-corrected chi connectivity index (χ3v) is 5.18. The topological polar surface area (TPSA) is 132 Å². The third kappa shape index (κ3) is 4.72. The van der Waals surface area contributed by atoms with Gasteiger partial charge in [-0.25, -0.2) is 4.98 Å². The Morgan fingerprint density at radius 3 is 2.73 bits per heavy atom. The van der Waals surface area contributed by atoms with Gasteiger partial charge in [0.1, 0.15) is 17.1 Å². The van der Waals surface area contributed by atoms with Crippen molar-refractivity contribution in [2.45, 2.75) is 0 Å². The Labute approximate surface area is 179 Å². The maximum Gasteiger partial charge on any atom is 0.323 e. The van der Waals surface area contributed by atoms with Crippen LogP contribution in [0.25, 0.3) is 6.08 Å². The summed E-state index contributed by atoms with van der Waals surface area (Å²) in [5.41, 5.74) is 0.441. The fourth-order valence-corrected chi connectivity index (χ4v) is 3.69. The van der Waals surface area contributed by atoms with Crippen LogP contribution in [0, 0.1) is 10.1 Å². The summed E-state index contributed by atoms with van der Waals surface area (Å²) in [6.07, 6.45) is 2.65. The smallest absolute Gasteiger partial charge is 0.323 e. The van der Waals surface area contributed by atoms with E-state index in [0.29, 0.717) is 17.1 Å². The number of hydrogen-bond acceptors (Lipinski definition) is 9. The van der Waals surface area contributed by atoms with E-state index in [-0.39, 0.29) is 20.8 Å². The standard InChI is InChI=1S/C18H13N3O7S2/c1-27-13-6-10(7-14-17(24)20(9-16(22)23)18(29)30-14)2-4-12(13)28-15-5-3-11(8-19-15)21(25)26/h2-8H,9H2,1H3,(H,22,23)/b14-7+. The Morgan fingerprint density at radius 1 is 1.37 bits per heavy atom. The Bertz CT molecular complexity index is 1070. The highest BCUT2D eigenvalue weighted by atomic mass is 32.2. The predicted molar refractivity (Wildman–Crippen MR) is 111 cm³/mol. The van der Waals surface area contributed by atoms with Crippen LogP contribution in [0.1, 0.15) is 5.56 Å². The zero-order chi connectivity index (χ0) is 21.8. The van der Waals surface area contributed by atoms with Crippen LogP contribution in [0.15, 0.2) is 41.4 Å². The molecule has 0 bridgehead atoms. The number of ether oxygens (including phenoxy) is 2. The highest BCUT2D eigenvalue weighted by Gasteiger charge is 2.33. The van der Waals surface area contributed by atoms with Crippen molar-refractivity contribution in [3.05, 3.63) is 57.1 Å². The van der Waals surface area contributed by atoms with E-state index in [0.717, 1.165) is 22.9 Å². The average molecular weight is 447 g/mol. The van der Waals surface area contributed by atoms with Crippen molar-refractivity contribution in [2.24, 2.45) is 0 Å². The van der Waals surface area contributed by atoms with Crippen LogP contribution in [0.3, 0.4) is 0 Å². The van der Waals surface area contributed by atoms with E-state index < -0.39 is 23.3 Å². The minimum atomic E-state index is -1.16. The molecule has 0 atom stereocenters. The van der Waals surface area contributed by atoms with Gasteiger partial charge in [0, 0.05) is 12.1 Å². The minimum absolute atomic E-state index is 0.140. The molecule has 3 rings (SSSR count). The Balaban J connectivity index is 1.81. The zero-order valence-electron chi connectivity index (χ0n) is 15.3. The van der Waals surface area contributed by atoms with Crippen LogP contribution in [-0.4, -0.2) is 49.8 Å². The van der Waals surface area contributed by atoms with Gasteiger partial charge in [-0.15, -0.1) is 0 Å². The quantitative estimate of drug-likeness (QED) is 0.292. The molecule has 0 saturated carbocycles. The van der Waals surface area contributed by atoms with Crippen LogP contribution in [0.4, 0.5) is 5.69 Å². The highest BCUT2D eigenvalue weighted by molar-refractivity contribution is 8.26. The molecule has 1 N–H and O–H groups in total. The molecule has 1 fully saturated rings. The van der Waals surface area contributed by atoms with Crippen molar-refractivity contribution in [3.8, 4) is 17.4 Å². The number of thiocarbonyl (C=S) groups is 1. The summed E-state index contributed by atoms with van der Waals surface area (Å²) in [4.78, 5) is 38.6. The van der Waals surface area contributed by atoms with E-state index in [4.69, 9.17) is 26.8 Å². The lowest BCUT2D eigenvalue weighted by molar-refractivity contribution is -0.385. The maximum atomic E-state index is 12.4. The number of amides is 1. The molecule has 1 aliphatic rings. The van der Waals surface area contributed by atoms with E-state index in [1.54, 1.807) is 24.3 Å². The molecule has 10 nitrogen and oxygen atoms in total. The van der Waals surface area contributed by atoms with Crippen LogP contribution in [0.5, 0.6) is 17.4 Å². The highest BCUT2D eigenvalue weighted by Crippen LogP contribution is 2.36. The molecule has 1 aromatic heterocycles. The Hall–Kier alpha value is -3.51. The van der Waals surface area contributed by atoms with E-state index in [1.807, 2.05) is 0 Å². The summed E-state index contributed by atoms with van der Waals surface area (Å²) in [5.74, 6) is -0.849. The van der Waals surface area contributed by atoms with E-state index >= 15 is 0 Å². The molecule has 0 aliphatic carbocycles. The second-order valence-electron chi connectivity index (χ2n) is 5.79. The molecular formula is C18H13N3O7S2. The summed E-state index contributed by atoms with van der Waals surface area (Å²) < 4.78 is 11.1. The SMILES string of the molecule is COc1cc(/C=C2/SC(=S)N(CC(=O)O)C2=O)ccc1Oc1ccc([N+](=O)[O-])cn1. The van der Waals surface area contributed by atoms with Crippen molar-refractivity contribution in [2.75, 3.05) is 13.7 Å². The number of methoxy groups -OCH3 is 1. The first-order valence-corrected chi connectivity index (χ1v) is 9.44. The van der Waals surface area contributed by atoms with Crippen molar-refractivity contribution in [3.63, 3.8) is 0 Å². The monoisotopic (exact) mass is 447 g/mol. The summed E-state index contributed by atoms with van der Waals surface area (Å²) in [5, 5.41) is 19.6. The Kier molecular flexibility index (Phi) is 6.28.